The van der Waals surface area contributed by atoms with Gasteiger partial charge in [-0.1, -0.05) is 36.4 Å². The van der Waals surface area contributed by atoms with E-state index in [4.69, 9.17) is 4.74 Å². The molecular formula is C27H19FN4O. The van der Waals surface area contributed by atoms with Gasteiger partial charge in [0, 0.05) is 23.5 Å². The number of para-hydroxylation sites is 1. The van der Waals surface area contributed by atoms with Crippen LogP contribution in [0.25, 0.3) is 22.8 Å². The van der Waals surface area contributed by atoms with Gasteiger partial charge < -0.3 is 10.1 Å². The molecule has 0 aliphatic heterocycles. The first-order valence-electron chi connectivity index (χ1n) is 10.4. The van der Waals surface area contributed by atoms with Crippen LogP contribution in [0.1, 0.15) is 0 Å². The van der Waals surface area contributed by atoms with E-state index in [0.29, 0.717) is 28.6 Å². The second-order valence-electron chi connectivity index (χ2n) is 7.22. The van der Waals surface area contributed by atoms with E-state index in [2.05, 4.69) is 20.3 Å². The van der Waals surface area contributed by atoms with Crippen molar-refractivity contribution in [1.82, 2.24) is 15.0 Å². The topological polar surface area (TPSA) is 59.9 Å². The quantitative estimate of drug-likeness (QED) is 0.316. The van der Waals surface area contributed by atoms with Crippen LogP contribution >= 0.6 is 0 Å². The van der Waals surface area contributed by atoms with Crippen molar-refractivity contribution in [3.05, 3.63) is 115 Å². The summed E-state index contributed by atoms with van der Waals surface area (Å²) in [7, 11) is 0. The largest absolute Gasteiger partial charge is 0.457 e. The van der Waals surface area contributed by atoms with Crippen molar-refractivity contribution in [2.75, 3.05) is 5.32 Å². The van der Waals surface area contributed by atoms with Gasteiger partial charge in [-0.2, -0.15) is 0 Å². The Hall–Kier alpha value is -4.58. The lowest BCUT2D eigenvalue weighted by atomic mass is 10.1. The van der Waals surface area contributed by atoms with Crippen LogP contribution in [0.4, 0.5) is 15.9 Å². The number of nitrogens with zero attached hydrogens (tertiary/aromatic N) is 3. The molecule has 0 aliphatic rings. The van der Waals surface area contributed by atoms with E-state index in [1.165, 1.54) is 6.07 Å². The first kappa shape index (κ1) is 20.3. The lowest BCUT2D eigenvalue weighted by Gasteiger charge is -2.11. The molecule has 33 heavy (non-hydrogen) atoms. The molecule has 0 saturated heterocycles. The van der Waals surface area contributed by atoms with Crippen molar-refractivity contribution in [3.8, 4) is 34.3 Å². The third-order valence-electron chi connectivity index (χ3n) is 4.88. The van der Waals surface area contributed by atoms with Gasteiger partial charge in [0.15, 0.2) is 5.82 Å². The summed E-state index contributed by atoms with van der Waals surface area (Å²) >= 11 is 0. The highest BCUT2D eigenvalue weighted by Gasteiger charge is 2.12. The van der Waals surface area contributed by atoms with Crippen molar-refractivity contribution in [2.24, 2.45) is 0 Å². The van der Waals surface area contributed by atoms with Crippen molar-refractivity contribution in [3.63, 3.8) is 0 Å². The summed E-state index contributed by atoms with van der Waals surface area (Å²) in [6.45, 7) is 0. The van der Waals surface area contributed by atoms with Gasteiger partial charge in [0.05, 0.1) is 5.69 Å². The fourth-order valence-electron chi connectivity index (χ4n) is 3.31. The van der Waals surface area contributed by atoms with Crippen LogP contribution in [0.5, 0.6) is 11.5 Å². The van der Waals surface area contributed by atoms with Crippen molar-refractivity contribution in [2.45, 2.75) is 0 Å². The smallest absolute Gasteiger partial charge is 0.180 e. The lowest BCUT2D eigenvalue weighted by Crippen LogP contribution is -2.01. The molecule has 2 heterocycles. The first-order valence-corrected chi connectivity index (χ1v) is 10.4. The van der Waals surface area contributed by atoms with Gasteiger partial charge in [-0.25, -0.2) is 14.4 Å². The van der Waals surface area contributed by atoms with Gasteiger partial charge in [0.1, 0.15) is 28.8 Å². The molecule has 3 aromatic carbocycles. The molecule has 0 unspecified atom stereocenters. The number of hydrogen-bond acceptors (Lipinski definition) is 5. The Morgan fingerprint density at radius 2 is 1.39 bits per heavy atom. The molecule has 0 fully saturated rings. The summed E-state index contributed by atoms with van der Waals surface area (Å²) in [6, 6.07) is 30.9. The minimum absolute atomic E-state index is 0.350. The Morgan fingerprint density at radius 3 is 2.15 bits per heavy atom. The normalized spacial score (nSPS) is 10.6. The monoisotopic (exact) mass is 434 g/mol. The van der Waals surface area contributed by atoms with E-state index in [1.807, 2.05) is 72.8 Å². The third-order valence-corrected chi connectivity index (χ3v) is 4.88. The number of nitrogens with one attached hydrogen (secondary N) is 1. The van der Waals surface area contributed by atoms with E-state index < -0.39 is 0 Å². The molecule has 0 radical (unpaired) electrons. The highest BCUT2D eigenvalue weighted by Crippen LogP contribution is 2.28. The zero-order valence-electron chi connectivity index (χ0n) is 17.5. The predicted octanol–water partition coefficient (Wildman–Crippen LogP) is 6.88. The zero-order chi connectivity index (χ0) is 22.5. The van der Waals surface area contributed by atoms with Gasteiger partial charge in [-0.15, -0.1) is 0 Å². The molecule has 6 heteroatoms. The van der Waals surface area contributed by atoms with E-state index >= 15 is 0 Å². The molecule has 0 spiro atoms. The summed E-state index contributed by atoms with van der Waals surface area (Å²) in [5.74, 6) is 2.07. The van der Waals surface area contributed by atoms with Crippen LogP contribution in [-0.2, 0) is 0 Å². The standard InChI is InChI=1S/C27H19FN4O/c28-23-11-5-4-10-22(23)25-18-26(32-27(31-25)24-12-6-7-17-29-24)30-19-13-15-21(16-14-19)33-20-8-2-1-3-9-20/h1-18H,(H,30,31,32). The molecule has 0 amide bonds. The van der Waals surface area contributed by atoms with E-state index in [-0.39, 0.29) is 5.82 Å². The van der Waals surface area contributed by atoms with Crippen LogP contribution in [-0.4, -0.2) is 15.0 Å². The average Bonchev–Trinajstić information content (AvgIpc) is 2.86. The van der Waals surface area contributed by atoms with Crippen LogP contribution in [0.2, 0.25) is 0 Å². The predicted molar refractivity (Wildman–Crippen MR) is 127 cm³/mol. The van der Waals surface area contributed by atoms with Crippen molar-refractivity contribution in [1.29, 1.82) is 0 Å². The Labute approximate surface area is 190 Å². The van der Waals surface area contributed by atoms with Gasteiger partial charge in [-0.3, -0.25) is 4.98 Å². The number of anilines is 2. The minimum atomic E-state index is -0.350. The summed E-state index contributed by atoms with van der Waals surface area (Å²) in [6.07, 6.45) is 1.67. The van der Waals surface area contributed by atoms with Crippen LogP contribution in [0, 0.1) is 5.82 Å². The molecule has 2 aromatic heterocycles. The maximum atomic E-state index is 14.5. The first-order chi connectivity index (χ1) is 16.2. The molecule has 0 saturated carbocycles. The van der Waals surface area contributed by atoms with Crippen molar-refractivity contribution >= 4 is 11.5 Å². The number of hydrogen-bond donors (Lipinski definition) is 1. The molecular weight excluding hydrogens is 415 g/mol. The van der Waals surface area contributed by atoms with Gasteiger partial charge in [-0.05, 0) is 60.7 Å². The average molecular weight is 434 g/mol. The third kappa shape index (κ3) is 4.85. The van der Waals surface area contributed by atoms with Gasteiger partial charge in [0.25, 0.3) is 0 Å². The van der Waals surface area contributed by atoms with Crippen LogP contribution in [0.3, 0.4) is 0 Å². The number of aromatic nitrogens is 3. The molecule has 5 rings (SSSR count). The highest BCUT2D eigenvalue weighted by atomic mass is 19.1. The summed E-state index contributed by atoms with van der Waals surface area (Å²) < 4.78 is 20.3. The van der Waals surface area contributed by atoms with Crippen molar-refractivity contribution < 1.29 is 9.13 Å². The number of benzene rings is 3. The number of pyridine rings is 1. The summed E-state index contributed by atoms with van der Waals surface area (Å²) in [5.41, 5.74) is 2.27. The Balaban J connectivity index is 1.46. The second-order valence-corrected chi connectivity index (χ2v) is 7.22. The van der Waals surface area contributed by atoms with Crippen LogP contribution < -0.4 is 10.1 Å². The number of rotatable bonds is 6. The molecule has 0 aliphatic carbocycles. The van der Waals surface area contributed by atoms with Gasteiger partial charge in [0.2, 0.25) is 0 Å². The molecule has 5 aromatic rings. The molecule has 160 valence electrons. The maximum absolute atomic E-state index is 14.5. The van der Waals surface area contributed by atoms with E-state index in [1.54, 1.807) is 30.5 Å². The summed E-state index contributed by atoms with van der Waals surface area (Å²) in [4.78, 5) is 13.5. The molecule has 0 bridgehead atoms. The number of halogens is 1. The van der Waals surface area contributed by atoms with Crippen LogP contribution in [0.15, 0.2) is 109 Å². The van der Waals surface area contributed by atoms with E-state index in [0.717, 1.165) is 17.2 Å². The number of ether oxygens (including phenoxy) is 1. The summed E-state index contributed by atoms with van der Waals surface area (Å²) in [5, 5.41) is 3.28. The molecule has 0 atom stereocenters. The Kier molecular flexibility index (Phi) is 5.72. The van der Waals surface area contributed by atoms with E-state index in [9.17, 15) is 4.39 Å². The SMILES string of the molecule is Fc1ccccc1-c1cc(Nc2ccc(Oc3ccccc3)cc2)nc(-c2ccccn2)n1. The minimum Gasteiger partial charge on any atom is -0.457 e. The highest BCUT2D eigenvalue weighted by molar-refractivity contribution is 5.69. The zero-order valence-corrected chi connectivity index (χ0v) is 17.5. The maximum Gasteiger partial charge on any atom is 0.180 e. The lowest BCUT2D eigenvalue weighted by molar-refractivity contribution is 0.483. The fraction of sp³-hybridized carbons (Fsp3) is 0. The second kappa shape index (κ2) is 9.28. The molecule has 1 N–H and O–H groups in total. The molecule has 5 nitrogen and oxygen atoms in total. The fourth-order valence-corrected chi connectivity index (χ4v) is 3.31. The Bertz CT molecular complexity index is 1360. The Morgan fingerprint density at radius 1 is 0.667 bits per heavy atom. The van der Waals surface area contributed by atoms with Gasteiger partial charge >= 0.3 is 0 Å².